The van der Waals surface area contributed by atoms with E-state index in [-0.39, 0.29) is 6.54 Å². The van der Waals surface area contributed by atoms with Crippen LogP contribution in [0, 0.1) is 0 Å². The number of anilines is 1. The van der Waals surface area contributed by atoms with E-state index >= 15 is 0 Å². The third-order valence-corrected chi connectivity index (χ3v) is 5.67. The number of hydrogen-bond donors (Lipinski definition) is 0. The number of nitrogens with zero attached hydrogens (tertiary/aromatic N) is 2. The molecule has 0 unspecified atom stereocenters. The predicted molar refractivity (Wildman–Crippen MR) is 96.4 cm³/mol. The fraction of sp³-hybridized carbons (Fsp3) is 0.368. The molecule has 3 heterocycles. The van der Waals surface area contributed by atoms with Gasteiger partial charge in [-0.1, -0.05) is 12.1 Å². The van der Waals surface area contributed by atoms with Gasteiger partial charge in [-0.25, -0.2) is 0 Å². The summed E-state index contributed by atoms with van der Waals surface area (Å²) in [6.07, 6.45) is -0.980. The van der Waals surface area contributed by atoms with E-state index in [1.807, 2.05) is 29.6 Å². The Bertz CT molecular complexity index is 859. The Morgan fingerprint density at radius 3 is 2.48 bits per heavy atom. The quantitative estimate of drug-likeness (QED) is 0.574. The number of hydrogen-bond acceptors (Lipinski definition) is 2. The third kappa shape index (κ3) is 3.15. The summed E-state index contributed by atoms with van der Waals surface area (Å²) in [5, 5.41) is 2.60. The molecule has 1 aliphatic rings. The summed E-state index contributed by atoms with van der Waals surface area (Å²) in [6, 6.07) is 10.7. The molecule has 0 saturated carbocycles. The first-order valence-electron chi connectivity index (χ1n) is 8.51. The number of thiophene rings is 1. The standard InChI is InChI=1S/C19H19F3N2S/c20-19(21,22)18-12-15-16(23-9-2-1-3-10-23)7-4-8-17(15)24(18)13-14-6-5-11-25-14/h4-8,11-12H,1-3,9-10,13H2. The van der Waals surface area contributed by atoms with Crippen molar-refractivity contribution in [2.24, 2.45) is 0 Å². The van der Waals surface area contributed by atoms with Gasteiger partial charge < -0.3 is 9.47 Å². The van der Waals surface area contributed by atoms with Gasteiger partial charge >= 0.3 is 6.18 Å². The Morgan fingerprint density at radius 2 is 1.80 bits per heavy atom. The van der Waals surface area contributed by atoms with Crippen molar-refractivity contribution in [3.8, 4) is 0 Å². The average molecular weight is 364 g/mol. The number of piperidine rings is 1. The van der Waals surface area contributed by atoms with Crippen LogP contribution in [0.25, 0.3) is 10.9 Å². The number of fused-ring (bicyclic) bond motifs is 1. The summed E-state index contributed by atoms with van der Waals surface area (Å²) < 4.78 is 42.4. The molecule has 25 heavy (non-hydrogen) atoms. The van der Waals surface area contributed by atoms with Crippen LogP contribution in [0.3, 0.4) is 0 Å². The van der Waals surface area contributed by atoms with E-state index < -0.39 is 11.9 Å². The van der Waals surface area contributed by atoms with Gasteiger partial charge in [-0.2, -0.15) is 13.2 Å². The number of alkyl halides is 3. The minimum atomic E-state index is -4.37. The molecule has 0 amide bonds. The summed E-state index contributed by atoms with van der Waals surface area (Å²) in [7, 11) is 0. The SMILES string of the molecule is FC(F)(F)c1cc2c(N3CCCCC3)cccc2n1Cc1cccs1. The molecule has 0 N–H and O–H groups in total. The van der Waals surface area contributed by atoms with Crippen LogP contribution in [0.15, 0.2) is 41.8 Å². The first-order chi connectivity index (χ1) is 12.0. The predicted octanol–water partition coefficient (Wildman–Crippen LogP) is 5.76. The zero-order valence-electron chi connectivity index (χ0n) is 13.7. The van der Waals surface area contributed by atoms with E-state index in [0.29, 0.717) is 10.9 Å². The van der Waals surface area contributed by atoms with Crippen LogP contribution in [0.5, 0.6) is 0 Å². The molecular weight excluding hydrogens is 345 g/mol. The Hall–Kier alpha value is -1.95. The second-order valence-corrected chi connectivity index (χ2v) is 7.48. The largest absolute Gasteiger partial charge is 0.431 e. The van der Waals surface area contributed by atoms with Crippen molar-refractivity contribution in [3.63, 3.8) is 0 Å². The number of rotatable bonds is 3. The summed E-state index contributed by atoms with van der Waals surface area (Å²) in [5.41, 5.74) is 1.01. The third-order valence-electron chi connectivity index (χ3n) is 4.80. The highest BCUT2D eigenvalue weighted by atomic mass is 32.1. The molecule has 0 bridgehead atoms. The van der Waals surface area contributed by atoms with Gasteiger partial charge in [0.05, 0.1) is 12.1 Å². The molecule has 1 saturated heterocycles. The minimum Gasteiger partial charge on any atom is -0.371 e. The zero-order chi connectivity index (χ0) is 17.4. The van der Waals surface area contributed by atoms with Crippen molar-refractivity contribution in [1.29, 1.82) is 0 Å². The Kier molecular flexibility index (Phi) is 4.23. The van der Waals surface area contributed by atoms with Crippen LogP contribution in [0.4, 0.5) is 18.9 Å². The van der Waals surface area contributed by atoms with Crippen molar-refractivity contribution < 1.29 is 13.2 Å². The molecule has 6 heteroatoms. The summed E-state index contributed by atoms with van der Waals surface area (Å²) in [5.74, 6) is 0. The Balaban J connectivity index is 1.86. The van der Waals surface area contributed by atoms with Gasteiger partial charge in [0.1, 0.15) is 5.69 Å². The normalized spacial score (nSPS) is 15.9. The van der Waals surface area contributed by atoms with Gasteiger partial charge in [-0.05, 0) is 48.9 Å². The maximum atomic E-state index is 13.7. The number of benzene rings is 1. The van der Waals surface area contributed by atoms with Gasteiger partial charge in [-0.15, -0.1) is 11.3 Å². The molecule has 0 aliphatic carbocycles. The van der Waals surface area contributed by atoms with Crippen molar-refractivity contribution in [2.45, 2.75) is 32.0 Å². The smallest absolute Gasteiger partial charge is 0.371 e. The molecule has 4 rings (SSSR count). The van der Waals surface area contributed by atoms with Gasteiger partial charge in [0.2, 0.25) is 0 Å². The topological polar surface area (TPSA) is 8.17 Å². The lowest BCUT2D eigenvalue weighted by Crippen LogP contribution is -2.29. The molecule has 0 atom stereocenters. The van der Waals surface area contributed by atoms with Crippen LogP contribution in [-0.4, -0.2) is 17.7 Å². The van der Waals surface area contributed by atoms with E-state index in [0.717, 1.165) is 36.5 Å². The molecule has 132 valence electrons. The zero-order valence-corrected chi connectivity index (χ0v) is 14.5. The highest BCUT2D eigenvalue weighted by Crippen LogP contribution is 2.38. The lowest BCUT2D eigenvalue weighted by molar-refractivity contribution is -0.143. The van der Waals surface area contributed by atoms with Gasteiger partial charge in [0, 0.05) is 29.0 Å². The second kappa shape index (κ2) is 6.41. The fourth-order valence-electron chi connectivity index (χ4n) is 3.64. The molecule has 2 nitrogen and oxygen atoms in total. The lowest BCUT2D eigenvalue weighted by atomic mass is 10.1. The van der Waals surface area contributed by atoms with Crippen molar-refractivity contribution >= 4 is 27.9 Å². The van der Waals surface area contributed by atoms with E-state index in [9.17, 15) is 13.2 Å². The summed E-state index contributed by atoms with van der Waals surface area (Å²) >= 11 is 1.48. The Labute approximate surface area is 148 Å². The van der Waals surface area contributed by atoms with E-state index in [2.05, 4.69) is 4.90 Å². The minimum absolute atomic E-state index is 0.249. The number of aromatic nitrogens is 1. The summed E-state index contributed by atoms with van der Waals surface area (Å²) in [4.78, 5) is 3.15. The van der Waals surface area contributed by atoms with Crippen LogP contribution in [0.2, 0.25) is 0 Å². The molecule has 0 radical (unpaired) electrons. The van der Waals surface area contributed by atoms with Crippen molar-refractivity contribution in [1.82, 2.24) is 4.57 Å². The average Bonchev–Trinajstić information content (AvgIpc) is 3.23. The number of halogens is 3. The molecule has 3 aromatic rings. The Morgan fingerprint density at radius 1 is 1.00 bits per heavy atom. The first-order valence-corrected chi connectivity index (χ1v) is 9.39. The van der Waals surface area contributed by atoms with Crippen LogP contribution >= 0.6 is 11.3 Å². The molecule has 1 fully saturated rings. The van der Waals surface area contributed by atoms with Crippen molar-refractivity contribution in [2.75, 3.05) is 18.0 Å². The molecule has 1 aromatic carbocycles. The molecule has 0 spiro atoms. The lowest BCUT2D eigenvalue weighted by Gasteiger charge is -2.29. The molecule has 2 aromatic heterocycles. The second-order valence-electron chi connectivity index (χ2n) is 6.45. The molecule has 1 aliphatic heterocycles. The van der Waals surface area contributed by atoms with E-state index in [1.165, 1.54) is 28.4 Å². The maximum Gasteiger partial charge on any atom is 0.431 e. The fourth-order valence-corrected chi connectivity index (χ4v) is 4.34. The van der Waals surface area contributed by atoms with Gasteiger partial charge in [0.25, 0.3) is 0 Å². The highest BCUT2D eigenvalue weighted by Gasteiger charge is 2.36. The first kappa shape index (κ1) is 16.5. The van der Waals surface area contributed by atoms with Gasteiger partial charge in [-0.3, -0.25) is 0 Å². The van der Waals surface area contributed by atoms with Crippen LogP contribution in [-0.2, 0) is 12.7 Å². The molecular formula is C19H19F3N2S. The highest BCUT2D eigenvalue weighted by molar-refractivity contribution is 7.09. The van der Waals surface area contributed by atoms with E-state index in [4.69, 9.17) is 0 Å². The van der Waals surface area contributed by atoms with Crippen LogP contribution < -0.4 is 4.90 Å². The maximum absolute atomic E-state index is 13.7. The summed E-state index contributed by atoms with van der Waals surface area (Å²) in [6.45, 7) is 2.08. The van der Waals surface area contributed by atoms with Gasteiger partial charge in [0.15, 0.2) is 0 Å². The monoisotopic (exact) mass is 364 g/mol. The van der Waals surface area contributed by atoms with Crippen molar-refractivity contribution in [3.05, 3.63) is 52.3 Å². The van der Waals surface area contributed by atoms with Crippen LogP contribution in [0.1, 0.15) is 29.8 Å². The van der Waals surface area contributed by atoms with E-state index in [1.54, 1.807) is 6.07 Å².